The van der Waals surface area contributed by atoms with Crippen LogP contribution in [0.4, 0.5) is 9.39 Å². The Morgan fingerprint density at radius 1 is 1.44 bits per heavy atom. The molecule has 1 heterocycles. The van der Waals surface area contributed by atoms with Crippen molar-refractivity contribution in [1.82, 2.24) is 4.98 Å². The van der Waals surface area contributed by atoms with Gasteiger partial charge in [-0.15, -0.1) is 0 Å². The summed E-state index contributed by atoms with van der Waals surface area (Å²) in [5.41, 5.74) is 1.77. The molecule has 1 aromatic heterocycles. The summed E-state index contributed by atoms with van der Waals surface area (Å²) in [5.74, 6) is -0.410. The maximum Gasteiger partial charge on any atom is 0.141 e. The summed E-state index contributed by atoms with van der Waals surface area (Å²) in [6.45, 7) is 1.93. The van der Waals surface area contributed by atoms with Gasteiger partial charge in [0.15, 0.2) is 0 Å². The molecular formula is C11H10ClFN2S. The predicted octanol–water partition coefficient (Wildman–Crippen LogP) is 3.95. The summed E-state index contributed by atoms with van der Waals surface area (Å²) in [6.07, 6.45) is 0. The lowest BCUT2D eigenvalue weighted by molar-refractivity contribution is 0.628. The van der Waals surface area contributed by atoms with Crippen molar-refractivity contribution in [2.45, 2.75) is 6.92 Å². The molecule has 0 aliphatic rings. The van der Waals surface area contributed by atoms with Crippen LogP contribution in [0, 0.1) is 12.7 Å². The van der Waals surface area contributed by atoms with Crippen LogP contribution in [0.5, 0.6) is 0 Å². The molecule has 0 unspecified atom stereocenters. The molecule has 2 nitrogen and oxygen atoms in total. The van der Waals surface area contributed by atoms with Gasteiger partial charge in [-0.05, 0) is 25.1 Å². The lowest BCUT2D eigenvalue weighted by Gasteiger charge is -1.97. The van der Waals surface area contributed by atoms with E-state index in [1.165, 1.54) is 17.4 Å². The van der Waals surface area contributed by atoms with E-state index < -0.39 is 5.82 Å². The van der Waals surface area contributed by atoms with Crippen LogP contribution in [0.15, 0.2) is 18.2 Å². The molecule has 0 aliphatic carbocycles. The van der Waals surface area contributed by atoms with Crippen molar-refractivity contribution in [2.75, 3.05) is 12.4 Å². The maximum absolute atomic E-state index is 13.0. The number of rotatable bonds is 2. The highest BCUT2D eigenvalue weighted by molar-refractivity contribution is 7.19. The van der Waals surface area contributed by atoms with Gasteiger partial charge in [0.1, 0.15) is 15.8 Å². The first-order valence-corrected chi connectivity index (χ1v) is 5.92. The fraction of sp³-hybridized carbons (Fsp3) is 0.182. The van der Waals surface area contributed by atoms with E-state index in [0.29, 0.717) is 0 Å². The van der Waals surface area contributed by atoms with E-state index >= 15 is 0 Å². The zero-order valence-corrected chi connectivity index (χ0v) is 10.4. The lowest BCUT2D eigenvalue weighted by Crippen LogP contribution is -1.85. The van der Waals surface area contributed by atoms with Gasteiger partial charge in [0.2, 0.25) is 0 Å². The van der Waals surface area contributed by atoms with Crippen molar-refractivity contribution in [1.29, 1.82) is 0 Å². The number of nitrogens with one attached hydrogen (secondary N) is 1. The van der Waals surface area contributed by atoms with Crippen LogP contribution in [-0.2, 0) is 0 Å². The van der Waals surface area contributed by atoms with Crippen molar-refractivity contribution >= 4 is 27.9 Å². The van der Waals surface area contributed by atoms with Gasteiger partial charge in [0, 0.05) is 12.6 Å². The fourth-order valence-corrected chi connectivity index (χ4v) is 2.48. The number of thiazole rings is 1. The van der Waals surface area contributed by atoms with Crippen LogP contribution in [-0.4, -0.2) is 12.0 Å². The van der Waals surface area contributed by atoms with Crippen molar-refractivity contribution in [2.24, 2.45) is 0 Å². The number of nitrogens with zero attached hydrogens (tertiary/aromatic N) is 1. The second-order valence-corrected chi connectivity index (χ2v) is 4.72. The van der Waals surface area contributed by atoms with Gasteiger partial charge >= 0.3 is 0 Å². The lowest BCUT2D eigenvalue weighted by atomic mass is 10.2. The molecule has 1 N–H and O–H groups in total. The fourth-order valence-electron chi connectivity index (χ4n) is 1.38. The summed E-state index contributed by atoms with van der Waals surface area (Å²) < 4.78 is 13.0. The summed E-state index contributed by atoms with van der Waals surface area (Å²) in [7, 11) is 1.85. The highest BCUT2D eigenvalue weighted by Crippen LogP contribution is 2.32. The van der Waals surface area contributed by atoms with Crippen molar-refractivity contribution in [3.63, 3.8) is 0 Å². The number of aryl methyl sites for hydroxylation is 1. The zero-order chi connectivity index (χ0) is 11.7. The Bertz CT molecular complexity index is 525. The van der Waals surface area contributed by atoms with Crippen LogP contribution in [0.2, 0.25) is 5.02 Å². The molecule has 0 fully saturated rings. The van der Waals surface area contributed by atoms with Crippen LogP contribution in [0.1, 0.15) is 5.69 Å². The summed E-state index contributed by atoms with van der Waals surface area (Å²) in [6, 6.07) is 4.63. The van der Waals surface area contributed by atoms with Gasteiger partial charge in [-0.1, -0.05) is 22.9 Å². The second kappa shape index (κ2) is 4.39. The number of benzene rings is 1. The van der Waals surface area contributed by atoms with E-state index in [-0.39, 0.29) is 5.02 Å². The third kappa shape index (κ3) is 2.03. The van der Waals surface area contributed by atoms with E-state index in [1.54, 1.807) is 12.1 Å². The molecule has 0 aliphatic heterocycles. The Morgan fingerprint density at radius 3 is 2.75 bits per heavy atom. The van der Waals surface area contributed by atoms with E-state index in [2.05, 4.69) is 10.3 Å². The number of anilines is 1. The van der Waals surface area contributed by atoms with Crippen LogP contribution >= 0.6 is 22.9 Å². The average Bonchev–Trinajstić information content (AvgIpc) is 2.64. The van der Waals surface area contributed by atoms with Gasteiger partial charge < -0.3 is 5.32 Å². The predicted molar refractivity (Wildman–Crippen MR) is 66.8 cm³/mol. The van der Waals surface area contributed by atoms with Crippen LogP contribution < -0.4 is 5.32 Å². The smallest absolute Gasteiger partial charge is 0.141 e. The van der Waals surface area contributed by atoms with E-state index in [1.807, 2.05) is 14.0 Å². The molecule has 0 bridgehead atoms. The van der Waals surface area contributed by atoms with Crippen molar-refractivity contribution in [3.05, 3.63) is 34.7 Å². The Hall–Kier alpha value is -1.13. The van der Waals surface area contributed by atoms with Crippen LogP contribution in [0.25, 0.3) is 10.6 Å². The average molecular weight is 257 g/mol. The number of aromatic nitrogens is 1. The van der Waals surface area contributed by atoms with Gasteiger partial charge in [0.25, 0.3) is 0 Å². The SMILES string of the molecule is CNc1sc(-c2ccc(F)c(Cl)c2)nc1C. The molecule has 0 saturated carbocycles. The molecule has 0 saturated heterocycles. The third-order valence-electron chi connectivity index (χ3n) is 2.19. The topological polar surface area (TPSA) is 24.9 Å². The van der Waals surface area contributed by atoms with E-state index in [4.69, 9.17) is 11.6 Å². The molecule has 0 amide bonds. The molecule has 0 atom stereocenters. The van der Waals surface area contributed by atoms with E-state index in [9.17, 15) is 4.39 Å². The Kier molecular flexibility index (Phi) is 3.12. The maximum atomic E-state index is 13.0. The molecule has 16 heavy (non-hydrogen) atoms. The molecular weight excluding hydrogens is 247 g/mol. The minimum absolute atomic E-state index is 0.122. The normalized spacial score (nSPS) is 10.5. The quantitative estimate of drug-likeness (QED) is 0.880. The first kappa shape index (κ1) is 11.4. The highest BCUT2D eigenvalue weighted by atomic mass is 35.5. The van der Waals surface area contributed by atoms with Gasteiger partial charge in [-0.3, -0.25) is 0 Å². The summed E-state index contributed by atoms with van der Waals surface area (Å²) in [5, 5.41) is 5.03. The van der Waals surface area contributed by atoms with Crippen molar-refractivity contribution < 1.29 is 4.39 Å². The minimum Gasteiger partial charge on any atom is -0.378 e. The van der Waals surface area contributed by atoms with Crippen LogP contribution in [0.3, 0.4) is 0 Å². The highest BCUT2D eigenvalue weighted by Gasteiger charge is 2.09. The minimum atomic E-state index is -0.410. The second-order valence-electron chi connectivity index (χ2n) is 3.31. The molecule has 2 aromatic rings. The van der Waals surface area contributed by atoms with Gasteiger partial charge in [0.05, 0.1) is 10.7 Å². The molecule has 1 aromatic carbocycles. The first-order chi connectivity index (χ1) is 7.61. The molecule has 5 heteroatoms. The van der Waals surface area contributed by atoms with Crippen molar-refractivity contribution in [3.8, 4) is 10.6 Å². The number of hydrogen-bond donors (Lipinski definition) is 1. The monoisotopic (exact) mass is 256 g/mol. The largest absolute Gasteiger partial charge is 0.378 e. The Balaban J connectivity index is 2.46. The number of halogens is 2. The first-order valence-electron chi connectivity index (χ1n) is 4.72. The molecule has 2 rings (SSSR count). The number of hydrogen-bond acceptors (Lipinski definition) is 3. The standard InChI is InChI=1S/C11H10ClFN2S/c1-6-10(14-2)16-11(15-6)7-3-4-9(13)8(12)5-7/h3-5,14H,1-2H3. The van der Waals surface area contributed by atoms with Gasteiger partial charge in [-0.2, -0.15) is 0 Å². The van der Waals surface area contributed by atoms with Gasteiger partial charge in [-0.25, -0.2) is 9.37 Å². The Morgan fingerprint density at radius 2 is 2.19 bits per heavy atom. The van der Waals surface area contributed by atoms with E-state index in [0.717, 1.165) is 21.3 Å². The molecule has 0 spiro atoms. The summed E-state index contributed by atoms with van der Waals surface area (Å²) >= 11 is 7.25. The Labute approximate surface area is 102 Å². The third-order valence-corrected chi connectivity index (χ3v) is 3.70. The zero-order valence-electron chi connectivity index (χ0n) is 8.84. The molecule has 84 valence electrons. The summed E-state index contributed by atoms with van der Waals surface area (Å²) in [4.78, 5) is 4.40. The molecule has 0 radical (unpaired) electrons.